The summed E-state index contributed by atoms with van der Waals surface area (Å²) in [4.78, 5) is 14.3. The highest BCUT2D eigenvalue weighted by atomic mass is 16.5. The van der Waals surface area contributed by atoms with E-state index in [0.29, 0.717) is 19.4 Å². The number of amides is 1. The Morgan fingerprint density at radius 3 is 2.68 bits per heavy atom. The van der Waals surface area contributed by atoms with Crippen molar-refractivity contribution >= 4 is 11.6 Å². The van der Waals surface area contributed by atoms with Crippen molar-refractivity contribution in [3.05, 3.63) is 29.8 Å². The summed E-state index contributed by atoms with van der Waals surface area (Å²) in [6.45, 7) is 7.40. The molecule has 0 radical (unpaired) electrons. The van der Waals surface area contributed by atoms with Gasteiger partial charge in [-0.1, -0.05) is 18.2 Å². The Labute approximate surface area is 132 Å². The molecule has 1 aliphatic rings. The normalized spacial score (nSPS) is 22.5. The third kappa shape index (κ3) is 5.09. The smallest absolute Gasteiger partial charge is 0.224 e. The Hall–Kier alpha value is -1.43. The van der Waals surface area contributed by atoms with Crippen molar-refractivity contribution in [3.63, 3.8) is 0 Å². The summed E-state index contributed by atoms with van der Waals surface area (Å²) in [5, 5.41) is 3.00. The van der Waals surface area contributed by atoms with Crippen molar-refractivity contribution in [1.29, 1.82) is 0 Å². The molecule has 2 rings (SSSR count). The molecule has 3 N–H and O–H groups in total. The summed E-state index contributed by atoms with van der Waals surface area (Å²) in [6, 6.07) is 8.00. The number of hydrogen-bond acceptors (Lipinski definition) is 4. The molecule has 2 atom stereocenters. The summed E-state index contributed by atoms with van der Waals surface area (Å²) < 4.78 is 5.77. The van der Waals surface area contributed by atoms with Crippen LogP contribution in [-0.2, 0) is 16.1 Å². The van der Waals surface area contributed by atoms with Gasteiger partial charge in [0.05, 0.1) is 12.2 Å². The molecule has 5 heteroatoms. The number of para-hydroxylation sites is 1. The summed E-state index contributed by atoms with van der Waals surface area (Å²) in [7, 11) is 0. The SMILES string of the molecule is CC1CN(Cc2ccccc2NC(=O)CCCN)CC(C)O1. The van der Waals surface area contributed by atoms with Crippen molar-refractivity contribution in [2.24, 2.45) is 5.73 Å². The van der Waals surface area contributed by atoms with Crippen molar-refractivity contribution in [3.8, 4) is 0 Å². The number of benzene rings is 1. The molecule has 5 nitrogen and oxygen atoms in total. The first-order valence-electron chi connectivity index (χ1n) is 8.04. The number of carbonyl (C=O) groups excluding carboxylic acids is 1. The zero-order chi connectivity index (χ0) is 15.9. The van der Waals surface area contributed by atoms with Gasteiger partial charge in [-0.15, -0.1) is 0 Å². The van der Waals surface area contributed by atoms with E-state index < -0.39 is 0 Å². The van der Waals surface area contributed by atoms with Crippen LogP contribution < -0.4 is 11.1 Å². The second-order valence-electron chi connectivity index (χ2n) is 6.05. The average Bonchev–Trinajstić information content (AvgIpc) is 2.46. The molecule has 0 saturated carbocycles. The van der Waals surface area contributed by atoms with E-state index in [1.54, 1.807) is 0 Å². The van der Waals surface area contributed by atoms with E-state index >= 15 is 0 Å². The van der Waals surface area contributed by atoms with Gasteiger partial charge >= 0.3 is 0 Å². The van der Waals surface area contributed by atoms with E-state index in [4.69, 9.17) is 10.5 Å². The molecular formula is C17H27N3O2. The largest absolute Gasteiger partial charge is 0.373 e. The highest BCUT2D eigenvalue weighted by molar-refractivity contribution is 5.91. The zero-order valence-corrected chi connectivity index (χ0v) is 13.5. The van der Waals surface area contributed by atoms with Gasteiger partial charge in [0, 0.05) is 31.7 Å². The lowest BCUT2D eigenvalue weighted by Gasteiger charge is -2.35. The maximum absolute atomic E-state index is 11.9. The molecule has 1 fully saturated rings. The zero-order valence-electron chi connectivity index (χ0n) is 13.5. The fraction of sp³-hybridized carbons (Fsp3) is 0.588. The van der Waals surface area contributed by atoms with E-state index in [1.807, 2.05) is 18.2 Å². The number of nitrogens with two attached hydrogens (primary N) is 1. The van der Waals surface area contributed by atoms with Crippen LogP contribution in [0.25, 0.3) is 0 Å². The number of rotatable bonds is 6. The third-order valence-corrected chi connectivity index (χ3v) is 3.79. The Morgan fingerprint density at radius 1 is 1.32 bits per heavy atom. The molecule has 0 aromatic heterocycles. The van der Waals surface area contributed by atoms with Crippen LogP contribution in [0.4, 0.5) is 5.69 Å². The van der Waals surface area contributed by atoms with Crippen molar-refractivity contribution in [2.75, 3.05) is 25.0 Å². The quantitative estimate of drug-likeness (QED) is 0.843. The van der Waals surface area contributed by atoms with Crippen molar-refractivity contribution in [1.82, 2.24) is 4.90 Å². The number of hydrogen-bond donors (Lipinski definition) is 2. The van der Waals surface area contributed by atoms with Gasteiger partial charge in [-0.2, -0.15) is 0 Å². The Kier molecular flexibility index (Phi) is 6.36. The minimum atomic E-state index is 0.0293. The molecular weight excluding hydrogens is 278 g/mol. The fourth-order valence-electron chi connectivity index (χ4n) is 2.91. The van der Waals surface area contributed by atoms with Gasteiger partial charge < -0.3 is 15.8 Å². The second-order valence-corrected chi connectivity index (χ2v) is 6.05. The molecule has 1 aliphatic heterocycles. The van der Waals surface area contributed by atoms with Gasteiger partial charge in [-0.3, -0.25) is 9.69 Å². The van der Waals surface area contributed by atoms with E-state index in [0.717, 1.165) is 30.9 Å². The number of nitrogens with one attached hydrogen (secondary N) is 1. The molecule has 1 amide bonds. The van der Waals surface area contributed by atoms with Gasteiger partial charge in [0.15, 0.2) is 0 Å². The molecule has 0 aliphatic carbocycles. The van der Waals surface area contributed by atoms with Crippen molar-refractivity contribution in [2.45, 2.75) is 45.4 Å². The Morgan fingerprint density at radius 2 is 2.00 bits per heavy atom. The maximum atomic E-state index is 11.9. The predicted molar refractivity (Wildman–Crippen MR) is 88.6 cm³/mol. The number of morpholine rings is 1. The standard InChI is InChI=1S/C17H27N3O2/c1-13-10-20(11-14(2)22-13)12-15-6-3-4-7-16(15)19-17(21)8-5-9-18/h3-4,6-7,13-14H,5,8-12,18H2,1-2H3,(H,19,21). The number of ether oxygens (including phenoxy) is 1. The predicted octanol–water partition coefficient (Wildman–Crippen LogP) is 1.97. The summed E-state index contributed by atoms with van der Waals surface area (Å²) in [6.07, 6.45) is 1.67. The Bertz CT molecular complexity index is 483. The molecule has 1 aromatic rings. The van der Waals surface area contributed by atoms with Crippen LogP contribution in [0.5, 0.6) is 0 Å². The molecule has 1 heterocycles. The lowest BCUT2D eigenvalue weighted by molar-refractivity contribution is -0.116. The molecule has 2 unspecified atom stereocenters. The monoisotopic (exact) mass is 305 g/mol. The van der Waals surface area contributed by atoms with E-state index in [9.17, 15) is 4.79 Å². The van der Waals surface area contributed by atoms with Crippen LogP contribution in [0.3, 0.4) is 0 Å². The first-order valence-corrected chi connectivity index (χ1v) is 8.04. The topological polar surface area (TPSA) is 67.6 Å². The van der Waals surface area contributed by atoms with Gasteiger partial charge in [0.25, 0.3) is 0 Å². The van der Waals surface area contributed by atoms with Crippen LogP contribution >= 0.6 is 0 Å². The summed E-state index contributed by atoms with van der Waals surface area (Å²) in [5.74, 6) is 0.0293. The lowest BCUT2D eigenvalue weighted by Crippen LogP contribution is -2.44. The molecule has 122 valence electrons. The molecule has 22 heavy (non-hydrogen) atoms. The highest BCUT2D eigenvalue weighted by Gasteiger charge is 2.22. The van der Waals surface area contributed by atoms with Crippen LogP contribution in [-0.4, -0.2) is 42.6 Å². The van der Waals surface area contributed by atoms with Crippen molar-refractivity contribution < 1.29 is 9.53 Å². The van der Waals surface area contributed by atoms with E-state index in [1.165, 1.54) is 0 Å². The van der Waals surface area contributed by atoms with Gasteiger partial charge in [-0.25, -0.2) is 0 Å². The van der Waals surface area contributed by atoms with Gasteiger partial charge in [-0.05, 0) is 38.4 Å². The molecule has 0 bridgehead atoms. The first-order chi connectivity index (χ1) is 10.6. The Balaban J connectivity index is 2.00. The van der Waals surface area contributed by atoms with E-state index in [2.05, 4.69) is 30.1 Å². The molecule has 1 saturated heterocycles. The van der Waals surface area contributed by atoms with Crippen LogP contribution in [0.1, 0.15) is 32.3 Å². The van der Waals surface area contributed by atoms with Crippen LogP contribution in [0.2, 0.25) is 0 Å². The maximum Gasteiger partial charge on any atom is 0.224 e. The number of nitrogens with zero attached hydrogens (tertiary/aromatic N) is 1. The first kappa shape index (κ1) is 16.9. The minimum absolute atomic E-state index is 0.0293. The molecule has 1 aromatic carbocycles. The average molecular weight is 305 g/mol. The van der Waals surface area contributed by atoms with E-state index in [-0.39, 0.29) is 18.1 Å². The molecule has 0 spiro atoms. The summed E-state index contributed by atoms with van der Waals surface area (Å²) in [5.41, 5.74) is 7.49. The van der Waals surface area contributed by atoms with Crippen LogP contribution in [0.15, 0.2) is 24.3 Å². The van der Waals surface area contributed by atoms with Crippen LogP contribution in [0, 0.1) is 0 Å². The van der Waals surface area contributed by atoms with Gasteiger partial charge in [0.1, 0.15) is 0 Å². The lowest BCUT2D eigenvalue weighted by atomic mass is 10.1. The number of anilines is 1. The van der Waals surface area contributed by atoms with Gasteiger partial charge in [0.2, 0.25) is 5.91 Å². The summed E-state index contributed by atoms with van der Waals surface area (Å²) >= 11 is 0. The third-order valence-electron chi connectivity index (χ3n) is 3.79. The second kappa shape index (κ2) is 8.27. The minimum Gasteiger partial charge on any atom is -0.373 e. The number of carbonyl (C=O) groups is 1. The fourth-order valence-corrected chi connectivity index (χ4v) is 2.91. The highest BCUT2D eigenvalue weighted by Crippen LogP contribution is 2.20.